The number of pyridine rings is 1. The first kappa shape index (κ1) is 15.9. The monoisotopic (exact) mass is 318 g/mol. The Morgan fingerprint density at radius 1 is 1.04 bits per heavy atom. The van der Waals surface area contributed by atoms with Gasteiger partial charge in [0.2, 0.25) is 0 Å². The molecule has 1 heterocycles. The van der Waals surface area contributed by atoms with Crippen molar-refractivity contribution in [2.24, 2.45) is 5.73 Å². The molecule has 0 saturated carbocycles. The maximum Gasteiger partial charge on any atom is 0.335 e. The average Bonchev–Trinajstić information content (AvgIpc) is 2.63. The van der Waals surface area contributed by atoms with Crippen LogP contribution in [0.5, 0.6) is 0 Å². The van der Waals surface area contributed by atoms with E-state index < -0.39 is 5.97 Å². The molecule has 0 fully saturated rings. The Morgan fingerprint density at radius 2 is 1.83 bits per heavy atom. The van der Waals surface area contributed by atoms with Gasteiger partial charge in [0, 0.05) is 18.4 Å². The van der Waals surface area contributed by atoms with Crippen LogP contribution < -0.4 is 5.73 Å². The Morgan fingerprint density at radius 3 is 2.50 bits per heavy atom. The Labute approximate surface area is 140 Å². The minimum absolute atomic E-state index is 0.0973. The lowest BCUT2D eigenvalue weighted by molar-refractivity contribution is 0.0697. The van der Waals surface area contributed by atoms with E-state index in [0.717, 1.165) is 28.7 Å². The first-order valence-electron chi connectivity index (χ1n) is 7.71. The molecule has 0 bridgehead atoms. The summed E-state index contributed by atoms with van der Waals surface area (Å²) in [4.78, 5) is 15.2. The Hall–Kier alpha value is -2.98. The summed E-state index contributed by atoms with van der Waals surface area (Å²) < 4.78 is 0. The molecule has 3 N–H and O–H groups in total. The van der Waals surface area contributed by atoms with Crippen LogP contribution >= 0.6 is 0 Å². The van der Waals surface area contributed by atoms with Gasteiger partial charge in [-0.25, -0.2) is 4.79 Å². The molecule has 2 aromatic carbocycles. The highest BCUT2D eigenvalue weighted by Crippen LogP contribution is 2.23. The van der Waals surface area contributed by atoms with Gasteiger partial charge < -0.3 is 10.8 Å². The molecule has 0 amide bonds. The van der Waals surface area contributed by atoms with E-state index in [2.05, 4.69) is 4.98 Å². The minimum atomic E-state index is -0.920. The predicted molar refractivity (Wildman–Crippen MR) is 93.7 cm³/mol. The predicted octanol–water partition coefficient (Wildman–Crippen LogP) is 3.69. The molecule has 0 aliphatic carbocycles. The summed E-state index contributed by atoms with van der Waals surface area (Å²) in [6.45, 7) is 0. The fourth-order valence-corrected chi connectivity index (χ4v) is 2.63. The number of carbonyl (C=O) groups is 1. The van der Waals surface area contributed by atoms with Crippen molar-refractivity contribution in [2.75, 3.05) is 0 Å². The first-order valence-corrected chi connectivity index (χ1v) is 7.71. The average molecular weight is 318 g/mol. The van der Waals surface area contributed by atoms with Gasteiger partial charge in [0.15, 0.2) is 0 Å². The molecule has 4 nitrogen and oxygen atoms in total. The van der Waals surface area contributed by atoms with Crippen molar-refractivity contribution in [1.82, 2.24) is 4.98 Å². The Kier molecular flexibility index (Phi) is 4.68. The van der Waals surface area contributed by atoms with E-state index in [1.807, 2.05) is 42.5 Å². The molecule has 0 spiro atoms. The normalized spacial score (nSPS) is 11.9. The van der Waals surface area contributed by atoms with Gasteiger partial charge in [-0.1, -0.05) is 42.5 Å². The molecule has 4 heteroatoms. The molecule has 0 aliphatic rings. The fourth-order valence-electron chi connectivity index (χ4n) is 2.63. The fraction of sp³-hybridized carbons (Fsp3) is 0.100. The minimum Gasteiger partial charge on any atom is -0.478 e. The molecule has 1 aromatic heterocycles. The zero-order valence-electron chi connectivity index (χ0n) is 13.1. The van der Waals surface area contributed by atoms with E-state index in [-0.39, 0.29) is 11.6 Å². The van der Waals surface area contributed by atoms with Crippen molar-refractivity contribution in [1.29, 1.82) is 0 Å². The van der Waals surface area contributed by atoms with E-state index in [0.29, 0.717) is 0 Å². The van der Waals surface area contributed by atoms with Crippen LogP contribution in [0.15, 0.2) is 73.1 Å². The molecule has 120 valence electrons. The first-order chi connectivity index (χ1) is 11.6. The number of carboxylic acid groups (broad SMARTS) is 1. The second-order valence-corrected chi connectivity index (χ2v) is 5.68. The second-order valence-electron chi connectivity index (χ2n) is 5.68. The van der Waals surface area contributed by atoms with Crippen molar-refractivity contribution in [2.45, 2.75) is 12.5 Å². The summed E-state index contributed by atoms with van der Waals surface area (Å²) in [7, 11) is 0. The van der Waals surface area contributed by atoms with E-state index in [9.17, 15) is 4.79 Å². The number of carboxylic acids is 1. The van der Waals surface area contributed by atoms with E-state index in [1.54, 1.807) is 30.6 Å². The van der Waals surface area contributed by atoms with Crippen molar-refractivity contribution in [3.63, 3.8) is 0 Å². The van der Waals surface area contributed by atoms with E-state index in [4.69, 9.17) is 10.8 Å². The third kappa shape index (κ3) is 3.67. The third-order valence-electron chi connectivity index (χ3n) is 3.96. The molecule has 3 aromatic rings. The summed E-state index contributed by atoms with van der Waals surface area (Å²) in [6, 6.07) is 18.7. The van der Waals surface area contributed by atoms with Gasteiger partial charge in [0.05, 0.1) is 5.56 Å². The molecule has 3 rings (SSSR count). The van der Waals surface area contributed by atoms with Crippen molar-refractivity contribution in [3.8, 4) is 11.1 Å². The van der Waals surface area contributed by atoms with Gasteiger partial charge in [0.25, 0.3) is 0 Å². The molecule has 1 unspecified atom stereocenters. The number of aromatic nitrogens is 1. The Bertz CT molecular complexity index is 830. The molecule has 0 aliphatic heterocycles. The van der Waals surface area contributed by atoms with Gasteiger partial charge in [0.1, 0.15) is 0 Å². The number of benzene rings is 2. The van der Waals surface area contributed by atoms with Crippen LogP contribution in [0.3, 0.4) is 0 Å². The summed E-state index contributed by atoms with van der Waals surface area (Å²) in [6.07, 6.45) is 4.24. The van der Waals surface area contributed by atoms with Crippen LogP contribution in [0, 0.1) is 0 Å². The van der Waals surface area contributed by atoms with Gasteiger partial charge in [-0.3, -0.25) is 4.98 Å². The van der Waals surface area contributed by atoms with Crippen LogP contribution in [-0.4, -0.2) is 16.1 Å². The highest BCUT2D eigenvalue weighted by molar-refractivity contribution is 5.89. The maximum atomic E-state index is 11.1. The van der Waals surface area contributed by atoms with E-state index >= 15 is 0 Å². The third-order valence-corrected chi connectivity index (χ3v) is 3.96. The molecular weight excluding hydrogens is 300 g/mol. The molecular formula is C20H18N2O2. The molecule has 0 radical (unpaired) electrons. The van der Waals surface area contributed by atoms with Gasteiger partial charge in [-0.2, -0.15) is 0 Å². The summed E-state index contributed by atoms with van der Waals surface area (Å²) in [5, 5.41) is 9.09. The number of hydrogen-bond donors (Lipinski definition) is 2. The topological polar surface area (TPSA) is 76.2 Å². The van der Waals surface area contributed by atoms with Crippen molar-refractivity contribution >= 4 is 5.97 Å². The van der Waals surface area contributed by atoms with Crippen LogP contribution in [0.2, 0.25) is 0 Å². The van der Waals surface area contributed by atoms with Gasteiger partial charge in [-0.05, 0) is 46.9 Å². The number of nitrogens with two attached hydrogens (primary N) is 1. The van der Waals surface area contributed by atoms with Gasteiger partial charge >= 0.3 is 5.97 Å². The number of rotatable bonds is 5. The quantitative estimate of drug-likeness (QED) is 0.752. The lowest BCUT2D eigenvalue weighted by atomic mass is 9.97. The van der Waals surface area contributed by atoms with Crippen LogP contribution in [0.4, 0.5) is 0 Å². The SMILES string of the molecule is NC(Cc1ccc(-c2cccc(C(=O)O)c2)cc1)c1cccnc1. The number of aromatic carboxylic acids is 1. The van der Waals surface area contributed by atoms with Crippen LogP contribution in [0.1, 0.15) is 27.5 Å². The maximum absolute atomic E-state index is 11.1. The second kappa shape index (κ2) is 7.06. The van der Waals surface area contributed by atoms with Gasteiger partial charge in [-0.15, -0.1) is 0 Å². The Balaban J connectivity index is 1.76. The number of nitrogens with zero attached hydrogens (tertiary/aromatic N) is 1. The lowest BCUT2D eigenvalue weighted by Gasteiger charge is -2.12. The summed E-state index contributed by atoms with van der Waals surface area (Å²) in [5.41, 5.74) is 10.5. The standard InChI is InChI=1S/C20H18N2O2/c21-19(18-5-2-10-22-13-18)11-14-6-8-15(9-7-14)16-3-1-4-17(12-16)20(23)24/h1-10,12-13,19H,11,21H2,(H,23,24). The zero-order valence-corrected chi connectivity index (χ0v) is 13.1. The highest BCUT2D eigenvalue weighted by atomic mass is 16.4. The van der Waals surface area contributed by atoms with Crippen molar-refractivity contribution < 1.29 is 9.90 Å². The molecule has 24 heavy (non-hydrogen) atoms. The number of hydrogen-bond acceptors (Lipinski definition) is 3. The highest BCUT2D eigenvalue weighted by Gasteiger charge is 2.08. The zero-order chi connectivity index (χ0) is 16.9. The largest absolute Gasteiger partial charge is 0.478 e. The molecule has 1 atom stereocenters. The summed E-state index contributed by atoms with van der Waals surface area (Å²) >= 11 is 0. The smallest absolute Gasteiger partial charge is 0.335 e. The summed E-state index contributed by atoms with van der Waals surface area (Å²) in [5.74, 6) is -0.920. The van der Waals surface area contributed by atoms with Crippen LogP contribution in [0.25, 0.3) is 11.1 Å². The van der Waals surface area contributed by atoms with E-state index in [1.165, 1.54) is 0 Å². The van der Waals surface area contributed by atoms with Crippen LogP contribution in [-0.2, 0) is 6.42 Å². The lowest BCUT2D eigenvalue weighted by Crippen LogP contribution is -2.13. The van der Waals surface area contributed by atoms with Crippen molar-refractivity contribution in [3.05, 3.63) is 89.7 Å². The molecule has 0 saturated heterocycles.